The van der Waals surface area contributed by atoms with Crippen LogP contribution >= 0.6 is 0 Å². The second-order valence-corrected chi connectivity index (χ2v) is 9.21. The number of benzene rings is 1. The summed E-state index contributed by atoms with van der Waals surface area (Å²) in [5, 5.41) is 8.22. The molecule has 0 saturated carbocycles. The third kappa shape index (κ3) is 5.62. The number of halogens is 1. The van der Waals surface area contributed by atoms with E-state index in [-0.39, 0.29) is 23.6 Å². The van der Waals surface area contributed by atoms with E-state index in [1.807, 2.05) is 36.3 Å². The molecule has 194 valence electrons. The molecular weight excluding hydrogens is 475 g/mol. The van der Waals surface area contributed by atoms with Crippen molar-refractivity contribution in [2.45, 2.75) is 31.9 Å². The van der Waals surface area contributed by atoms with Gasteiger partial charge in [0.05, 0.1) is 17.9 Å². The molecule has 5 rings (SSSR count). The van der Waals surface area contributed by atoms with E-state index >= 15 is 0 Å². The van der Waals surface area contributed by atoms with Crippen LogP contribution in [0.3, 0.4) is 0 Å². The summed E-state index contributed by atoms with van der Waals surface area (Å²) in [5.74, 6) is -0.418. The Kier molecular flexibility index (Phi) is 7.42. The van der Waals surface area contributed by atoms with Crippen molar-refractivity contribution < 1.29 is 13.9 Å². The Morgan fingerprint density at radius 2 is 2.14 bits per heavy atom. The molecule has 1 aliphatic heterocycles. The topological polar surface area (TPSA) is 127 Å². The first-order valence-electron chi connectivity index (χ1n) is 12.5. The predicted molar refractivity (Wildman–Crippen MR) is 138 cm³/mol. The third-order valence-electron chi connectivity index (χ3n) is 6.65. The molecule has 11 heteroatoms. The van der Waals surface area contributed by atoms with Crippen LogP contribution in [-0.4, -0.2) is 74.4 Å². The number of aromatic amines is 1. The molecule has 1 unspecified atom stereocenters. The van der Waals surface area contributed by atoms with E-state index in [9.17, 15) is 9.18 Å². The highest BCUT2D eigenvalue weighted by Crippen LogP contribution is 2.26. The maximum absolute atomic E-state index is 14.1. The van der Waals surface area contributed by atoms with Crippen molar-refractivity contribution in [1.82, 2.24) is 34.9 Å². The number of likely N-dealkylation sites (tertiary alicyclic amines) is 1. The number of ether oxygens (including phenoxy) is 1. The number of aromatic nitrogens is 5. The first kappa shape index (κ1) is 24.8. The number of amides is 1. The van der Waals surface area contributed by atoms with E-state index in [0.717, 1.165) is 54.8 Å². The van der Waals surface area contributed by atoms with Crippen LogP contribution in [0.5, 0.6) is 5.75 Å². The fourth-order valence-electron chi connectivity index (χ4n) is 4.75. The van der Waals surface area contributed by atoms with Gasteiger partial charge in [-0.25, -0.2) is 14.4 Å². The van der Waals surface area contributed by atoms with E-state index in [0.29, 0.717) is 18.8 Å². The van der Waals surface area contributed by atoms with Crippen molar-refractivity contribution in [3.8, 4) is 17.0 Å². The zero-order valence-corrected chi connectivity index (χ0v) is 20.7. The summed E-state index contributed by atoms with van der Waals surface area (Å²) in [5.41, 5.74) is 8.94. The molecule has 10 nitrogen and oxygen atoms in total. The second kappa shape index (κ2) is 11.1. The number of fused-ring (bicyclic) bond motifs is 1. The maximum Gasteiger partial charge on any atom is 0.251 e. The highest BCUT2D eigenvalue weighted by atomic mass is 19.1. The Morgan fingerprint density at radius 3 is 2.92 bits per heavy atom. The van der Waals surface area contributed by atoms with Crippen LogP contribution in [-0.2, 0) is 0 Å². The number of carbonyl (C=O) groups is 1. The number of hydrogen-bond donors (Lipinski definition) is 3. The van der Waals surface area contributed by atoms with Crippen molar-refractivity contribution in [1.29, 1.82) is 0 Å². The van der Waals surface area contributed by atoms with Gasteiger partial charge in [-0.1, -0.05) is 0 Å². The van der Waals surface area contributed by atoms with Gasteiger partial charge in [0.25, 0.3) is 5.91 Å². The largest absolute Gasteiger partial charge is 0.490 e. The Balaban J connectivity index is 1.18. The van der Waals surface area contributed by atoms with Crippen molar-refractivity contribution in [2.75, 3.05) is 32.7 Å². The number of H-pyrrole nitrogens is 1. The van der Waals surface area contributed by atoms with E-state index in [1.165, 1.54) is 12.1 Å². The summed E-state index contributed by atoms with van der Waals surface area (Å²) >= 11 is 0. The van der Waals surface area contributed by atoms with Gasteiger partial charge >= 0.3 is 0 Å². The van der Waals surface area contributed by atoms with Gasteiger partial charge in [-0.05, 0) is 38.0 Å². The van der Waals surface area contributed by atoms with Crippen LogP contribution in [0.4, 0.5) is 4.39 Å². The summed E-state index contributed by atoms with van der Waals surface area (Å²) in [6.45, 7) is 5.15. The minimum Gasteiger partial charge on any atom is -0.490 e. The standard InChI is InChI=1S/C26H31FN8O2/c1-2-29-26(36)17-9-19(27)11-22(10-17)37-21-4-7-34(8-5-21)15-20(12-28)35-14-18(13-33-35)24-23-3-6-30-25(23)32-16-31-24/h3,6,9-11,13-14,16,20-21H,2,4-5,7-8,12,15,28H2,1H3,(H,29,36)(H,30,31,32). The lowest BCUT2D eigenvalue weighted by molar-refractivity contribution is 0.0903. The van der Waals surface area contributed by atoms with E-state index < -0.39 is 5.82 Å². The molecule has 0 spiro atoms. The SMILES string of the molecule is CCNC(=O)c1cc(F)cc(OC2CCN(CC(CN)n3cc(-c4ncnc5[nH]ccc45)cn3)CC2)c1. The van der Waals surface area contributed by atoms with Gasteiger partial charge in [0.15, 0.2) is 0 Å². The van der Waals surface area contributed by atoms with Gasteiger partial charge in [-0.15, -0.1) is 0 Å². The zero-order valence-electron chi connectivity index (χ0n) is 20.7. The lowest BCUT2D eigenvalue weighted by atomic mass is 10.1. The first-order chi connectivity index (χ1) is 18.0. The molecule has 1 fully saturated rings. The lowest BCUT2D eigenvalue weighted by Gasteiger charge is -2.34. The molecular formula is C26H31FN8O2. The van der Waals surface area contributed by atoms with Crippen molar-refractivity contribution in [3.05, 3.63) is 60.6 Å². The van der Waals surface area contributed by atoms with E-state index in [2.05, 4.69) is 30.3 Å². The number of nitrogens with zero attached hydrogens (tertiary/aromatic N) is 5. The number of carbonyl (C=O) groups excluding carboxylic acids is 1. The predicted octanol–water partition coefficient (Wildman–Crippen LogP) is 2.75. The fourth-order valence-corrected chi connectivity index (χ4v) is 4.75. The van der Waals surface area contributed by atoms with Gasteiger partial charge < -0.3 is 25.7 Å². The fraction of sp³-hybridized carbons (Fsp3) is 0.385. The van der Waals surface area contributed by atoms with Crippen LogP contribution in [0.2, 0.25) is 0 Å². The second-order valence-electron chi connectivity index (χ2n) is 9.21. The minimum absolute atomic E-state index is 0.0117. The molecule has 4 N–H and O–H groups in total. The summed E-state index contributed by atoms with van der Waals surface area (Å²) in [6.07, 6.45) is 8.73. The van der Waals surface area contributed by atoms with Crippen LogP contribution in [0.15, 0.2) is 49.2 Å². The van der Waals surface area contributed by atoms with Crippen molar-refractivity contribution in [2.24, 2.45) is 5.73 Å². The molecule has 1 saturated heterocycles. The summed E-state index contributed by atoms with van der Waals surface area (Å²) in [6, 6.07) is 6.11. The summed E-state index contributed by atoms with van der Waals surface area (Å²) in [7, 11) is 0. The first-order valence-corrected chi connectivity index (χ1v) is 12.5. The average molecular weight is 507 g/mol. The Bertz CT molecular complexity index is 1360. The highest BCUT2D eigenvalue weighted by molar-refractivity contribution is 5.94. The van der Waals surface area contributed by atoms with Gasteiger partial charge in [-0.2, -0.15) is 5.10 Å². The van der Waals surface area contributed by atoms with Gasteiger partial charge in [0.1, 0.15) is 29.6 Å². The smallest absolute Gasteiger partial charge is 0.251 e. The normalized spacial score (nSPS) is 15.6. The lowest BCUT2D eigenvalue weighted by Crippen LogP contribution is -2.42. The van der Waals surface area contributed by atoms with Crippen LogP contribution in [0.25, 0.3) is 22.3 Å². The number of rotatable bonds is 9. The number of nitrogens with one attached hydrogen (secondary N) is 2. The Labute approximate surface area is 214 Å². The highest BCUT2D eigenvalue weighted by Gasteiger charge is 2.24. The molecule has 4 aromatic rings. The van der Waals surface area contributed by atoms with Gasteiger partial charge in [0, 0.05) is 67.7 Å². The van der Waals surface area contributed by atoms with Crippen molar-refractivity contribution in [3.63, 3.8) is 0 Å². The molecule has 4 heterocycles. The molecule has 1 atom stereocenters. The average Bonchev–Trinajstić information content (AvgIpc) is 3.58. The third-order valence-corrected chi connectivity index (χ3v) is 6.65. The van der Waals surface area contributed by atoms with Crippen molar-refractivity contribution >= 4 is 16.9 Å². The van der Waals surface area contributed by atoms with E-state index in [4.69, 9.17) is 10.5 Å². The summed E-state index contributed by atoms with van der Waals surface area (Å²) in [4.78, 5) is 26.3. The van der Waals surface area contributed by atoms with E-state index in [1.54, 1.807) is 12.4 Å². The Morgan fingerprint density at radius 1 is 1.30 bits per heavy atom. The number of nitrogens with two attached hydrogens (primary N) is 1. The van der Waals surface area contributed by atoms with Gasteiger partial charge in [-0.3, -0.25) is 9.48 Å². The molecule has 1 aliphatic rings. The monoisotopic (exact) mass is 506 g/mol. The van der Waals surface area contributed by atoms with Gasteiger partial charge in [0.2, 0.25) is 0 Å². The number of hydrogen-bond acceptors (Lipinski definition) is 7. The maximum atomic E-state index is 14.1. The van der Waals surface area contributed by atoms with Crippen LogP contribution < -0.4 is 15.8 Å². The van der Waals surface area contributed by atoms with Crippen LogP contribution in [0.1, 0.15) is 36.2 Å². The van der Waals surface area contributed by atoms with Crippen LogP contribution in [0, 0.1) is 5.82 Å². The molecule has 1 amide bonds. The minimum atomic E-state index is -0.486. The quantitative estimate of drug-likeness (QED) is 0.319. The molecule has 1 aromatic carbocycles. The summed E-state index contributed by atoms with van der Waals surface area (Å²) < 4.78 is 22.0. The Hall–Kier alpha value is -3.83. The molecule has 0 bridgehead atoms. The zero-order chi connectivity index (χ0) is 25.8. The molecule has 0 radical (unpaired) electrons. The molecule has 37 heavy (non-hydrogen) atoms. The molecule has 0 aliphatic carbocycles. The number of piperidine rings is 1. The molecule has 3 aromatic heterocycles.